The third-order valence-corrected chi connectivity index (χ3v) is 3.96. The number of hydrogen-bond donors (Lipinski definition) is 2. The molecule has 0 atom stereocenters. The lowest BCUT2D eigenvalue weighted by atomic mass is 10.1. The van der Waals surface area contributed by atoms with Crippen molar-refractivity contribution in [2.24, 2.45) is 0 Å². The van der Waals surface area contributed by atoms with Gasteiger partial charge in [-0.3, -0.25) is 4.79 Å². The summed E-state index contributed by atoms with van der Waals surface area (Å²) < 4.78 is 9.73. The Labute approximate surface area is 151 Å². The van der Waals surface area contributed by atoms with Gasteiger partial charge in [-0.1, -0.05) is 6.07 Å². The fourth-order valence-corrected chi connectivity index (χ4v) is 2.58. The number of rotatable bonds is 7. The second-order valence-corrected chi connectivity index (χ2v) is 5.67. The van der Waals surface area contributed by atoms with Crippen LogP contribution in [0.15, 0.2) is 29.5 Å². The summed E-state index contributed by atoms with van der Waals surface area (Å²) in [6.07, 6.45) is 0. The number of amides is 1. The van der Waals surface area contributed by atoms with Crippen molar-refractivity contribution < 1.29 is 29.0 Å². The highest BCUT2D eigenvalue weighted by molar-refractivity contribution is 6.08. The summed E-state index contributed by atoms with van der Waals surface area (Å²) in [6, 6.07) is 4.91. The first-order valence-electron chi connectivity index (χ1n) is 8.19. The number of nitrogens with zero attached hydrogens (tertiary/aromatic N) is 1. The molecule has 1 heterocycles. The molecule has 0 saturated heterocycles. The molecule has 2 N–H and O–H groups in total. The van der Waals surface area contributed by atoms with Crippen molar-refractivity contribution in [3.8, 4) is 0 Å². The van der Waals surface area contributed by atoms with Crippen LogP contribution in [-0.2, 0) is 19.1 Å². The summed E-state index contributed by atoms with van der Waals surface area (Å²) in [5.74, 6) is -1.52. The van der Waals surface area contributed by atoms with E-state index in [0.29, 0.717) is 11.3 Å². The molecule has 0 unspecified atom stereocenters. The number of ether oxygens (including phenoxy) is 2. The molecule has 8 heteroatoms. The van der Waals surface area contributed by atoms with E-state index in [0.717, 1.165) is 5.56 Å². The minimum Gasteiger partial charge on any atom is -0.466 e. The van der Waals surface area contributed by atoms with Gasteiger partial charge in [0.15, 0.2) is 0 Å². The van der Waals surface area contributed by atoms with Gasteiger partial charge in [0.1, 0.15) is 5.70 Å². The highest BCUT2D eigenvalue weighted by Crippen LogP contribution is 2.25. The van der Waals surface area contributed by atoms with Crippen LogP contribution >= 0.6 is 0 Å². The number of anilines is 1. The molecule has 26 heavy (non-hydrogen) atoms. The van der Waals surface area contributed by atoms with Crippen LogP contribution in [0.5, 0.6) is 0 Å². The number of benzene rings is 1. The van der Waals surface area contributed by atoms with Crippen molar-refractivity contribution in [2.45, 2.75) is 13.8 Å². The number of nitrogens with one attached hydrogen (secondary N) is 1. The van der Waals surface area contributed by atoms with Crippen LogP contribution in [0, 0.1) is 6.92 Å². The average Bonchev–Trinajstić information content (AvgIpc) is 2.93. The largest absolute Gasteiger partial charge is 0.466 e. The van der Waals surface area contributed by atoms with E-state index >= 15 is 0 Å². The smallest absolute Gasteiger partial charge is 0.338 e. The third kappa shape index (κ3) is 4.02. The molecule has 0 aromatic heterocycles. The summed E-state index contributed by atoms with van der Waals surface area (Å²) in [7, 11) is 1.23. The van der Waals surface area contributed by atoms with Crippen LogP contribution in [0.3, 0.4) is 0 Å². The van der Waals surface area contributed by atoms with Crippen molar-refractivity contribution in [1.29, 1.82) is 0 Å². The van der Waals surface area contributed by atoms with Crippen molar-refractivity contribution in [3.05, 3.63) is 40.6 Å². The normalized spacial score (nSPS) is 13.8. The van der Waals surface area contributed by atoms with Crippen LogP contribution in [-0.4, -0.2) is 61.3 Å². The first-order valence-corrected chi connectivity index (χ1v) is 8.19. The molecule has 8 nitrogen and oxygen atoms in total. The van der Waals surface area contributed by atoms with Gasteiger partial charge in [-0.2, -0.15) is 0 Å². The maximum atomic E-state index is 12.6. The highest BCUT2D eigenvalue weighted by atomic mass is 16.5. The van der Waals surface area contributed by atoms with Gasteiger partial charge in [-0.05, 0) is 31.5 Å². The number of methoxy groups -OCH3 is 1. The molecular formula is C18H22N2O6. The lowest BCUT2D eigenvalue weighted by Crippen LogP contribution is -2.31. The van der Waals surface area contributed by atoms with E-state index in [9.17, 15) is 14.4 Å². The Hall–Kier alpha value is -2.87. The number of carbonyl (C=O) groups excluding carboxylic acids is 3. The Morgan fingerprint density at radius 1 is 1.31 bits per heavy atom. The molecule has 1 aliphatic heterocycles. The molecule has 140 valence electrons. The third-order valence-electron chi connectivity index (χ3n) is 3.96. The first-order chi connectivity index (χ1) is 12.4. The molecule has 0 spiro atoms. The summed E-state index contributed by atoms with van der Waals surface area (Å²) in [5.41, 5.74) is 1.87. The Bertz CT molecular complexity index is 756. The van der Waals surface area contributed by atoms with Gasteiger partial charge in [0, 0.05) is 12.2 Å². The lowest BCUT2D eigenvalue weighted by molar-refractivity contribution is -0.136. The van der Waals surface area contributed by atoms with Gasteiger partial charge in [0.2, 0.25) is 0 Å². The van der Waals surface area contributed by atoms with Crippen molar-refractivity contribution in [2.75, 3.05) is 38.7 Å². The second kappa shape index (κ2) is 8.48. The van der Waals surface area contributed by atoms with Crippen LogP contribution in [0.25, 0.3) is 0 Å². The number of esters is 2. The molecule has 1 aromatic carbocycles. The molecule has 0 saturated carbocycles. The number of aliphatic hydroxyl groups is 1. The molecule has 1 aliphatic rings. The van der Waals surface area contributed by atoms with Gasteiger partial charge in [0.25, 0.3) is 5.91 Å². The molecule has 1 aromatic rings. The number of aliphatic hydroxyl groups excluding tert-OH is 1. The average molecular weight is 362 g/mol. The molecule has 2 rings (SSSR count). The van der Waals surface area contributed by atoms with Gasteiger partial charge >= 0.3 is 11.9 Å². The fraction of sp³-hybridized carbons (Fsp3) is 0.389. The predicted molar refractivity (Wildman–Crippen MR) is 93.5 cm³/mol. The number of aryl methyl sites for hydroxylation is 1. The molecule has 0 bridgehead atoms. The van der Waals surface area contributed by atoms with E-state index in [1.54, 1.807) is 32.0 Å². The Morgan fingerprint density at radius 2 is 2.04 bits per heavy atom. The SMILES string of the molecule is CCOC(=O)c1ccc(C)c(NC2=C(C(=O)OC)CN(CCO)C2=O)c1. The molecule has 0 aliphatic carbocycles. The first kappa shape index (κ1) is 19.5. The monoisotopic (exact) mass is 362 g/mol. The number of hydrogen-bond acceptors (Lipinski definition) is 7. The van der Waals surface area contributed by atoms with Crippen LogP contribution in [0.2, 0.25) is 0 Å². The van der Waals surface area contributed by atoms with E-state index in [2.05, 4.69) is 5.32 Å². The standard InChI is InChI=1S/C18H22N2O6/c1-4-26-17(23)12-6-5-11(2)14(9-12)19-15-13(18(24)25-3)10-20(7-8-21)16(15)22/h5-6,9,19,21H,4,7-8,10H2,1-3H3. The lowest BCUT2D eigenvalue weighted by Gasteiger charge is -2.16. The summed E-state index contributed by atoms with van der Waals surface area (Å²) in [6.45, 7) is 3.70. The maximum Gasteiger partial charge on any atom is 0.338 e. The van der Waals surface area contributed by atoms with E-state index in [1.807, 2.05) is 0 Å². The van der Waals surface area contributed by atoms with Crippen LogP contribution in [0.1, 0.15) is 22.8 Å². The highest BCUT2D eigenvalue weighted by Gasteiger charge is 2.34. The summed E-state index contributed by atoms with van der Waals surface area (Å²) in [4.78, 5) is 37.9. The Morgan fingerprint density at radius 3 is 2.65 bits per heavy atom. The Balaban J connectivity index is 2.37. The fourth-order valence-electron chi connectivity index (χ4n) is 2.58. The van der Waals surface area contributed by atoms with E-state index < -0.39 is 17.8 Å². The van der Waals surface area contributed by atoms with E-state index in [-0.39, 0.29) is 37.6 Å². The number of β-amino-alcohol motifs (C(OH)–C–C–N with tert-alkyl or cyclic N) is 1. The molecule has 1 amide bonds. The molecule has 0 radical (unpaired) electrons. The van der Waals surface area contributed by atoms with Gasteiger partial charge in [-0.15, -0.1) is 0 Å². The van der Waals surface area contributed by atoms with Gasteiger partial charge in [0.05, 0.1) is 38.0 Å². The minimum atomic E-state index is -0.625. The summed E-state index contributed by atoms with van der Waals surface area (Å²) in [5, 5.41) is 12.0. The zero-order valence-corrected chi connectivity index (χ0v) is 15.0. The van der Waals surface area contributed by atoms with Crippen LogP contribution in [0.4, 0.5) is 5.69 Å². The van der Waals surface area contributed by atoms with Crippen molar-refractivity contribution >= 4 is 23.5 Å². The topological polar surface area (TPSA) is 105 Å². The van der Waals surface area contributed by atoms with Crippen LogP contribution < -0.4 is 5.32 Å². The minimum absolute atomic E-state index is 0.0466. The Kier molecular flexibility index (Phi) is 6.35. The predicted octanol–water partition coefficient (Wildman–Crippen LogP) is 0.845. The molecule has 0 fully saturated rings. The van der Waals surface area contributed by atoms with Gasteiger partial charge < -0.3 is 24.8 Å². The van der Waals surface area contributed by atoms with Crippen molar-refractivity contribution in [3.63, 3.8) is 0 Å². The molecular weight excluding hydrogens is 340 g/mol. The van der Waals surface area contributed by atoms with Crippen molar-refractivity contribution in [1.82, 2.24) is 4.90 Å². The maximum absolute atomic E-state index is 12.6. The zero-order valence-electron chi connectivity index (χ0n) is 15.0. The second-order valence-electron chi connectivity index (χ2n) is 5.67. The zero-order chi connectivity index (χ0) is 19.3. The summed E-state index contributed by atoms with van der Waals surface area (Å²) >= 11 is 0. The quantitative estimate of drug-likeness (QED) is 0.693. The van der Waals surface area contributed by atoms with E-state index in [4.69, 9.17) is 14.6 Å². The van der Waals surface area contributed by atoms with Gasteiger partial charge in [-0.25, -0.2) is 9.59 Å². The number of carbonyl (C=O) groups is 3. The van der Waals surface area contributed by atoms with E-state index in [1.165, 1.54) is 12.0 Å².